The zero-order valence-corrected chi connectivity index (χ0v) is 9.26. The zero-order valence-electron chi connectivity index (χ0n) is 9.26. The molecule has 1 atom stereocenters. The Balaban J connectivity index is 2.20. The van der Waals surface area contributed by atoms with E-state index in [1.54, 1.807) is 6.07 Å². The van der Waals surface area contributed by atoms with Crippen molar-refractivity contribution in [3.8, 4) is 0 Å². The molecule has 1 aliphatic heterocycles. The van der Waals surface area contributed by atoms with Crippen molar-refractivity contribution in [3.63, 3.8) is 0 Å². The molecule has 5 heteroatoms. The lowest BCUT2D eigenvalue weighted by Gasteiger charge is -2.16. The molecular weight excluding hydrogens is 231 g/mol. The summed E-state index contributed by atoms with van der Waals surface area (Å²) >= 11 is 0. The van der Waals surface area contributed by atoms with Gasteiger partial charge in [-0.15, -0.1) is 0 Å². The first-order valence-corrected chi connectivity index (χ1v) is 5.57. The Hall–Kier alpha value is -1.07. The van der Waals surface area contributed by atoms with Gasteiger partial charge in [-0.2, -0.15) is 13.2 Å². The highest BCUT2D eigenvalue weighted by atomic mass is 19.4. The van der Waals surface area contributed by atoms with Crippen LogP contribution in [0.15, 0.2) is 24.3 Å². The van der Waals surface area contributed by atoms with E-state index in [9.17, 15) is 13.2 Å². The van der Waals surface area contributed by atoms with Crippen LogP contribution in [0.2, 0.25) is 0 Å². The largest absolute Gasteiger partial charge is 0.416 e. The Labute approximate surface area is 97.8 Å². The van der Waals surface area contributed by atoms with E-state index in [0.717, 1.165) is 19.2 Å². The Morgan fingerprint density at radius 1 is 1.24 bits per heavy atom. The molecule has 0 aliphatic carbocycles. The van der Waals surface area contributed by atoms with Crippen molar-refractivity contribution in [3.05, 3.63) is 35.4 Å². The summed E-state index contributed by atoms with van der Waals surface area (Å²) < 4.78 is 43.2. The van der Waals surface area contributed by atoms with E-state index in [1.165, 1.54) is 12.1 Å². The molecule has 1 aromatic rings. The second-order valence-corrected chi connectivity index (χ2v) is 4.02. The van der Waals surface area contributed by atoms with Gasteiger partial charge in [0.15, 0.2) is 0 Å². The molecule has 1 aromatic carbocycles. The van der Waals surface area contributed by atoms with E-state index in [4.69, 9.17) is 4.74 Å². The first-order valence-electron chi connectivity index (χ1n) is 5.57. The predicted molar refractivity (Wildman–Crippen MR) is 57.6 cm³/mol. The number of benzene rings is 1. The van der Waals surface area contributed by atoms with Crippen molar-refractivity contribution >= 4 is 0 Å². The molecule has 0 amide bonds. The molecule has 0 radical (unpaired) electrons. The highest BCUT2D eigenvalue weighted by molar-refractivity contribution is 5.27. The van der Waals surface area contributed by atoms with E-state index in [-0.39, 0.29) is 6.10 Å². The number of nitrogens with one attached hydrogen (secondary N) is 1. The van der Waals surface area contributed by atoms with Gasteiger partial charge < -0.3 is 10.1 Å². The summed E-state index contributed by atoms with van der Waals surface area (Å²) in [5.74, 6) is 0. The maximum atomic E-state index is 12.6. The van der Waals surface area contributed by atoms with Crippen LogP contribution in [0, 0.1) is 0 Å². The van der Waals surface area contributed by atoms with Crippen molar-refractivity contribution in [2.45, 2.75) is 18.7 Å². The van der Waals surface area contributed by atoms with Gasteiger partial charge >= 0.3 is 6.18 Å². The third kappa shape index (κ3) is 3.20. The maximum absolute atomic E-state index is 12.6. The lowest BCUT2D eigenvalue weighted by molar-refractivity contribution is -0.137. The second-order valence-electron chi connectivity index (χ2n) is 4.02. The fourth-order valence-corrected chi connectivity index (χ4v) is 1.89. The summed E-state index contributed by atoms with van der Waals surface area (Å²) in [6.07, 6.45) is -3.84. The number of hydrogen-bond donors (Lipinski definition) is 1. The SMILES string of the molecule is FC(F)(F)c1cccc(C2CCNCCO2)c1. The Morgan fingerprint density at radius 3 is 2.82 bits per heavy atom. The van der Waals surface area contributed by atoms with Crippen LogP contribution in [-0.2, 0) is 10.9 Å². The number of rotatable bonds is 1. The Morgan fingerprint density at radius 2 is 2.06 bits per heavy atom. The molecule has 1 fully saturated rings. The quantitative estimate of drug-likeness (QED) is 0.821. The standard InChI is InChI=1S/C12H14F3NO/c13-12(14,15)10-3-1-2-9(8-10)11-4-5-16-6-7-17-11/h1-3,8,11,16H,4-7H2. The molecule has 1 saturated heterocycles. The second kappa shape index (κ2) is 5.06. The smallest absolute Gasteiger partial charge is 0.372 e. The third-order valence-corrected chi connectivity index (χ3v) is 2.77. The third-order valence-electron chi connectivity index (χ3n) is 2.77. The summed E-state index contributed by atoms with van der Waals surface area (Å²) in [5, 5.41) is 3.14. The lowest BCUT2D eigenvalue weighted by Crippen LogP contribution is -2.16. The molecule has 0 spiro atoms. The van der Waals surface area contributed by atoms with Crippen LogP contribution in [-0.4, -0.2) is 19.7 Å². The summed E-state index contributed by atoms with van der Waals surface area (Å²) in [5.41, 5.74) is -0.0145. The zero-order chi connectivity index (χ0) is 12.3. The molecule has 0 aromatic heterocycles. The summed E-state index contributed by atoms with van der Waals surface area (Å²) in [4.78, 5) is 0. The van der Waals surface area contributed by atoms with Crippen molar-refractivity contribution in [1.29, 1.82) is 0 Å². The Bertz CT molecular complexity index is 370. The molecule has 1 N–H and O–H groups in total. The van der Waals surface area contributed by atoms with E-state index in [2.05, 4.69) is 5.32 Å². The van der Waals surface area contributed by atoms with Gasteiger partial charge in [-0.3, -0.25) is 0 Å². The van der Waals surface area contributed by atoms with E-state index < -0.39 is 11.7 Å². The number of ether oxygens (including phenoxy) is 1. The van der Waals surface area contributed by atoms with Crippen LogP contribution in [0.3, 0.4) is 0 Å². The molecular formula is C12H14F3NO. The van der Waals surface area contributed by atoms with Gasteiger partial charge in [0.25, 0.3) is 0 Å². The van der Waals surface area contributed by atoms with Crippen LogP contribution in [0.25, 0.3) is 0 Å². The molecule has 1 heterocycles. The normalized spacial score (nSPS) is 22.2. The first kappa shape index (κ1) is 12.4. The van der Waals surface area contributed by atoms with Crippen LogP contribution < -0.4 is 5.32 Å². The van der Waals surface area contributed by atoms with Gasteiger partial charge in [0.2, 0.25) is 0 Å². The average molecular weight is 245 g/mol. The van der Waals surface area contributed by atoms with Crippen molar-refractivity contribution in [1.82, 2.24) is 5.32 Å². The minimum atomic E-state index is -4.29. The predicted octanol–water partition coefficient (Wildman–Crippen LogP) is 2.76. The summed E-state index contributed by atoms with van der Waals surface area (Å²) in [6.45, 7) is 2.04. The molecule has 94 valence electrons. The molecule has 2 nitrogen and oxygen atoms in total. The van der Waals surface area contributed by atoms with Crippen LogP contribution in [0.4, 0.5) is 13.2 Å². The van der Waals surface area contributed by atoms with Gasteiger partial charge in [0, 0.05) is 6.54 Å². The number of hydrogen-bond acceptors (Lipinski definition) is 2. The fourth-order valence-electron chi connectivity index (χ4n) is 1.89. The highest BCUT2D eigenvalue weighted by Crippen LogP contribution is 2.32. The molecule has 17 heavy (non-hydrogen) atoms. The minimum absolute atomic E-state index is 0.243. The van der Waals surface area contributed by atoms with Gasteiger partial charge in [0.1, 0.15) is 0 Å². The molecule has 0 bridgehead atoms. The summed E-state index contributed by atoms with van der Waals surface area (Å²) in [7, 11) is 0. The Kier molecular flexibility index (Phi) is 3.69. The van der Waals surface area contributed by atoms with Gasteiger partial charge in [-0.25, -0.2) is 0 Å². The van der Waals surface area contributed by atoms with Crippen LogP contribution in [0.1, 0.15) is 23.7 Å². The molecule has 1 unspecified atom stereocenters. The summed E-state index contributed by atoms with van der Waals surface area (Å²) in [6, 6.07) is 5.37. The molecule has 0 saturated carbocycles. The van der Waals surface area contributed by atoms with Crippen molar-refractivity contribution in [2.75, 3.05) is 19.7 Å². The maximum Gasteiger partial charge on any atom is 0.416 e. The average Bonchev–Trinajstić information content (AvgIpc) is 2.56. The van der Waals surface area contributed by atoms with Crippen molar-refractivity contribution < 1.29 is 17.9 Å². The minimum Gasteiger partial charge on any atom is -0.372 e. The first-order chi connectivity index (χ1) is 8.07. The number of alkyl halides is 3. The highest BCUT2D eigenvalue weighted by Gasteiger charge is 2.31. The van der Waals surface area contributed by atoms with E-state index in [0.29, 0.717) is 18.6 Å². The topological polar surface area (TPSA) is 21.3 Å². The number of halogens is 3. The lowest BCUT2D eigenvalue weighted by atomic mass is 10.0. The molecule has 1 aliphatic rings. The van der Waals surface area contributed by atoms with Crippen LogP contribution >= 0.6 is 0 Å². The van der Waals surface area contributed by atoms with Gasteiger partial charge in [0.05, 0.1) is 18.3 Å². The fraction of sp³-hybridized carbons (Fsp3) is 0.500. The van der Waals surface area contributed by atoms with E-state index >= 15 is 0 Å². The van der Waals surface area contributed by atoms with Crippen LogP contribution in [0.5, 0.6) is 0 Å². The van der Waals surface area contributed by atoms with Gasteiger partial charge in [-0.1, -0.05) is 12.1 Å². The van der Waals surface area contributed by atoms with Crippen molar-refractivity contribution in [2.24, 2.45) is 0 Å². The monoisotopic (exact) mass is 245 g/mol. The van der Waals surface area contributed by atoms with Gasteiger partial charge in [-0.05, 0) is 30.7 Å². The molecule has 2 rings (SSSR count). The van der Waals surface area contributed by atoms with E-state index in [1.807, 2.05) is 0 Å².